The van der Waals surface area contributed by atoms with Gasteiger partial charge < -0.3 is 10.1 Å². The predicted octanol–water partition coefficient (Wildman–Crippen LogP) is 2.87. The predicted molar refractivity (Wildman–Crippen MR) is 68.5 cm³/mol. The molecule has 0 aliphatic carbocycles. The molecule has 3 nitrogen and oxygen atoms in total. The van der Waals surface area contributed by atoms with Gasteiger partial charge in [-0.25, -0.2) is 0 Å². The van der Waals surface area contributed by atoms with Crippen molar-refractivity contribution in [2.24, 2.45) is 0 Å². The van der Waals surface area contributed by atoms with E-state index in [2.05, 4.69) is 19.2 Å². The lowest BCUT2D eigenvalue weighted by Crippen LogP contribution is -2.41. The summed E-state index contributed by atoms with van der Waals surface area (Å²) in [5, 5.41) is 3.50. The number of ether oxygens (including phenoxy) is 1. The summed E-state index contributed by atoms with van der Waals surface area (Å²) in [4.78, 5) is 11.2. The molecule has 0 saturated carbocycles. The first kappa shape index (κ1) is 12.1. The van der Waals surface area contributed by atoms with E-state index in [1.807, 2.05) is 24.3 Å². The molecule has 0 amide bonds. The standard InChI is InChI=1S/C14H19NO2/c1-10(16)12-4-6-13(7-5-12)15-14(3)8-9-17-11(14)2/h4-7,11,15H,8-9H2,1-3H3. The molecule has 17 heavy (non-hydrogen) atoms. The SMILES string of the molecule is CC(=O)c1ccc(NC2(C)CCOC2C)cc1. The Morgan fingerprint density at radius 3 is 2.53 bits per heavy atom. The first-order chi connectivity index (χ1) is 8.01. The van der Waals surface area contributed by atoms with Crippen molar-refractivity contribution in [2.75, 3.05) is 11.9 Å². The number of anilines is 1. The molecule has 0 radical (unpaired) electrons. The highest BCUT2D eigenvalue weighted by Gasteiger charge is 2.36. The van der Waals surface area contributed by atoms with Gasteiger partial charge in [-0.15, -0.1) is 0 Å². The second-order valence-electron chi connectivity index (χ2n) is 4.94. The number of carbonyl (C=O) groups is 1. The molecule has 0 aromatic heterocycles. The highest BCUT2D eigenvalue weighted by Crippen LogP contribution is 2.29. The molecule has 3 heteroatoms. The van der Waals surface area contributed by atoms with Crippen molar-refractivity contribution in [1.29, 1.82) is 0 Å². The van der Waals surface area contributed by atoms with E-state index in [4.69, 9.17) is 4.74 Å². The van der Waals surface area contributed by atoms with Crippen molar-refractivity contribution in [2.45, 2.75) is 38.8 Å². The van der Waals surface area contributed by atoms with Crippen molar-refractivity contribution >= 4 is 11.5 Å². The second kappa shape index (κ2) is 4.49. The summed E-state index contributed by atoms with van der Waals surface area (Å²) in [7, 11) is 0. The molecule has 2 unspecified atom stereocenters. The molecule has 1 saturated heterocycles. The van der Waals surface area contributed by atoms with Gasteiger partial charge in [-0.05, 0) is 51.5 Å². The molecule has 1 aliphatic heterocycles. The summed E-state index contributed by atoms with van der Waals surface area (Å²) in [6.07, 6.45) is 1.21. The van der Waals surface area contributed by atoms with Crippen LogP contribution in [0.3, 0.4) is 0 Å². The van der Waals surface area contributed by atoms with Gasteiger partial charge in [0.15, 0.2) is 5.78 Å². The van der Waals surface area contributed by atoms with Crippen LogP contribution in [0.25, 0.3) is 0 Å². The summed E-state index contributed by atoms with van der Waals surface area (Å²) in [5.41, 5.74) is 1.77. The zero-order valence-electron chi connectivity index (χ0n) is 10.6. The van der Waals surface area contributed by atoms with Gasteiger partial charge in [0.05, 0.1) is 11.6 Å². The lowest BCUT2D eigenvalue weighted by Gasteiger charge is -2.30. The van der Waals surface area contributed by atoms with Crippen molar-refractivity contribution in [3.8, 4) is 0 Å². The molecule has 0 spiro atoms. The molecule has 1 aromatic carbocycles. The lowest BCUT2D eigenvalue weighted by atomic mass is 9.94. The average Bonchev–Trinajstić information content (AvgIpc) is 2.60. The van der Waals surface area contributed by atoms with Gasteiger partial charge in [-0.3, -0.25) is 4.79 Å². The van der Waals surface area contributed by atoms with Crippen molar-refractivity contribution < 1.29 is 9.53 Å². The Labute approximate surface area is 102 Å². The molecule has 1 N–H and O–H groups in total. The Balaban J connectivity index is 2.11. The van der Waals surface area contributed by atoms with E-state index in [0.29, 0.717) is 0 Å². The molecule has 1 aliphatic rings. The number of rotatable bonds is 3. The minimum Gasteiger partial charge on any atom is -0.377 e. The number of hydrogen-bond acceptors (Lipinski definition) is 3. The molecule has 1 fully saturated rings. The van der Waals surface area contributed by atoms with E-state index in [0.717, 1.165) is 24.3 Å². The van der Waals surface area contributed by atoms with Gasteiger partial charge in [-0.1, -0.05) is 0 Å². The molecule has 1 heterocycles. The Morgan fingerprint density at radius 2 is 2.06 bits per heavy atom. The van der Waals surface area contributed by atoms with Gasteiger partial charge in [0, 0.05) is 17.9 Å². The maximum absolute atomic E-state index is 11.2. The summed E-state index contributed by atoms with van der Waals surface area (Å²) in [6.45, 7) is 6.64. The third-order valence-corrected chi connectivity index (χ3v) is 3.61. The number of carbonyl (C=O) groups excluding carboxylic acids is 1. The quantitative estimate of drug-likeness (QED) is 0.816. The first-order valence-electron chi connectivity index (χ1n) is 6.02. The molecule has 92 valence electrons. The maximum atomic E-state index is 11.2. The second-order valence-corrected chi connectivity index (χ2v) is 4.94. The average molecular weight is 233 g/mol. The van der Waals surface area contributed by atoms with Crippen LogP contribution in [0.4, 0.5) is 5.69 Å². The zero-order valence-corrected chi connectivity index (χ0v) is 10.6. The van der Waals surface area contributed by atoms with Crippen LogP contribution in [0.1, 0.15) is 37.6 Å². The Hall–Kier alpha value is -1.35. The fraction of sp³-hybridized carbons (Fsp3) is 0.500. The normalized spacial score (nSPS) is 28.1. The molecular formula is C14H19NO2. The topological polar surface area (TPSA) is 38.3 Å². The largest absolute Gasteiger partial charge is 0.377 e. The first-order valence-corrected chi connectivity index (χ1v) is 6.02. The smallest absolute Gasteiger partial charge is 0.159 e. The summed E-state index contributed by atoms with van der Waals surface area (Å²) >= 11 is 0. The van der Waals surface area contributed by atoms with Crippen LogP contribution < -0.4 is 5.32 Å². The van der Waals surface area contributed by atoms with E-state index in [1.54, 1.807) is 6.92 Å². The lowest BCUT2D eigenvalue weighted by molar-refractivity contribution is 0.101. The van der Waals surface area contributed by atoms with E-state index in [-0.39, 0.29) is 17.4 Å². The summed E-state index contributed by atoms with van der Waals surface area (Å²) in [5.74, 6) is 0.0975. The number of benzene rings is 1. The fourth-order valence-corrected chi connectivity index (χ4v) is 2.12. The van der Waals surface area contributed by atoms with E-state index in [9.17, 15) is 4.79 Å². The van der Waals surface area contributed by atoms with Crippen LogP contribution in [0.2, 0.25) is 0 Å². The van der Waals surface area contributed by atoms with Gasteiger partial charge in [0.25, 0.3) is 0 Å². The molecular weight excluding hydrogens is 214 g/mol. The monoisotopic (exact) mass is 233 g/mol. The van der Waals surface area contributed by atoms with Crippen LogP contribution in [-0.4, -0.2) is 24.0 Å². The Bertz CT molecular complexity index is 413. The van der Waals surface area contributed by atoms with Crippen LogP contribution >= 0.6 is 0 Å². The number of hydrogen-bond donors (Lipinski definition) is 1. The highest BCUT2D eigenvalue weighted by atomic mass is 16.5. The Morgan fingerprint density at radius 1 is 1.41 bits per heavy atom. The minimum absolute atomic E-state index is 0.0161. The van der Waals surface area contributed by atoms with Gasteiger partial charge in [0.2, 0.25) is 0 Å². The molecule has 0 bridgehead atoms. The number of ketones is 1. The van der Waals surface area contributed by atoms with Crippen LogP contribution in [0.5, 0.6) is 0 Å². The van der Waals surface area contributed by atoms with Crippen molar-refractivity contribution in [3.63, 3.8) is 0 Å². The van der Waals surface area contributed by atoms with E-state index in [1.165, 1.54) is 0 Å². The number of nitrogens with one attached hydrogen (secondary N) is 1. The number of Topliss-reactive ketones (excluding diaryl/α,β-unsaturated/α-hetero) is 1. The van der Waals surface area contributed by atoms with Crippen LogP contribution in [-0.2, 0) is 4.74 Å². The third-order valence-electron chi connectivity index (χ3n) is 3.61. The van der Waals surface area contributed by atoms with E-state index >= 15 is 0 Å². The summed E-state index contributed by atoms with van der Waals surface area (Å²) < 4.78 is 5.59. The van der Waals surface area contributed by atoms with Crippen molar-refractivity contribution in [1.82, 2.24) is 0 Å². The molecule has 2 rings (SSSR count). The molecule has 2 atom stereocenters. The van der Waals surface area contributed by atoms with Gasteiger partial charge in [-0.2, -0.15) is 0 Å². The maximum Gasteiger partial charge on any atom is 0.159 e. The third kappa shape index (κ3) is 2.50. The Kier molecular flexibility index (Phi) is 3.20. The highest BCUT2D eigenvalue weighted by molar-refractivity contribution is 5.94. The zero-order chi connectivity index (χ0) is 12.5. The van der Waals surface area contributed by atoms with Gasteiger partial charge in [0.1, 0.15) is 0 Å². The fourth-order valence-electron chi connectivity index (χ4n) is 2.12. The van der Waals surface area contributed by atoms with E-state index < -0.39 is 0 Å². The minimum atomic E-state index is -0.0161. The van der Waals surface area contributed by atoms with Crippen molar-refractivity contribution in [3.05, 3.63) is 29.8 Å². The van der Waals surface area contributed by atoms with Gasteiger partial charge >= 0.3 is 0 Å². The summed E-state index contributed by atoms with van der Waals surface area (Å²) in [6, 6.07) is 7.61. The van der Waals surface area contributed by atoms with Crippen LogP contribution in [0, 0.1) is 0 Å². The molecule has 1 aromatic rings. The van der Waals surface area contributed by atoms with Crippen LogP contribution in [0.15, 0.2) is 24.3 Å².